The molecule has 2 aromatic heterocycles. The van der Waals surface area contributed by atoms with Crippen molar-refractivity contribution >= 4 is 11.9 Å². The van der Waals surface area contributed by atoms with Crippen molar-refractivity contribution in [3.05, 3.63) is 47.8 Å². The molecule has 1 saturated carbocycles. The van der Waals surface area contributed by atoms with Gasteiger partial charge in [-0.25, -0.2) is 14.8 Å². The highest BCUT2D eigenvalue weighted by Crippen LogP contribution is 2.37. The molecule has 0 bridgehead atoms. The summed E-state index contributed by atoms with van der Waals surface area (Å²) in [5, 5.41) is 0. The van der Waals surface area contributed by atoms with E-state index in [4.69, 9.17) is 4.74 Å². The number of likely N-dealkylation sites (tertiary alicyclic amines) is 1. The Morgan fingerprint density at radius 2 is 1.92 bits per heavy atom. The third kappa shape index (κ3) is 3.21. The minimum absolute atomic E-state index is 0.0338. The van der Waals surface area contributed by atoms with E-state index < -0.39 is 0 Å². The largest absolute Gasteiger partial charge is 0.464 e. The summed E-state index contributed by atoms with van der Waals surface area (Å²) in [5.74, 6) is 0.857. The average Bonchev–Trinajstić information content (AvgIpc) is 3.44. The molecule has 0 radical (unpaired) electrons. The topological polar surface area (TPSA) is 77.3 Å². The number of ether oxygens (including phenoxy) is 1. The number of nitrogens with zero attached hydrogens (tertiary/aromatic N) is 4. The van der Waals surface area contributed by atoms with Crippen LogP contribution in [0.2, 0.25) is 0 Å². The van der Waals surface area contributed by atoms with Gasteiger partial charge in [-0.3, -0.25) is 4.79 Å². The lowest BCUT2D eigenvalue weighted by atomic mass is 10.0. The van der Waals surface area contributed by atoms with Crippen LogP contribution in [-0.4, -0.2) is 51.5 Å². The van der Waals surface area contributed by atoms with Crippen LogP contribution in [-0.2, 0) is 4.74 Å². The Morgan fingerprint density at radius 3 is 2.62 bits per heavy atom. The van der Waals surface area contributed by atoms with Crippen molar-refractivity contribution in [2.75, 3.05) is 20.2 Å². The molecule has 0 N–H and O–H groups in total. The molecular formula is C19H22N4O3. The fourth-order valence-corrected chi connectivity index (χ4v) is 3.53. The van der Waals surface area contributed by atoms with Crippen molar-refractivity contribution in [2.45, 2.75) is 37.6 Å². The molecule has 26 heavy (non-hydrogen) atoms. The van der Waals surface area contributed by atoms with E-state index in [1.165, 1.54) is 7.11 Å². The summed E-state index contributed by atoms with van der Waals surface area (Å²) in [6.45, 7) is 1.29. The molecule has 0 aromatic carbocycles. The summed E-state index contributed by atoms with van der Waals surface area (Å²) in [5.41, 5.74) is 1.04. The second-order valence-electron chi connectivity index (χ2n) is 6.89. The first-order chi connectivity index (χ1) is 12.7. The first-order valence-corrected chi connectivity index (χ1v) is 9.04. The highest BCUT2D eigenvalue weighted by Gasteiger charge is 2.30. The monoisotopic (exact) mass is 354 g/mol. The smallest absolute Gasteiger partial charge is 0.354 e. The molecule has 2 fully saturated rings. The molecule has 2 aromatic rings. The molecule has 0 unspecified atom stereocenters. The normalized spacial score (nSPS) is 18.0. The molecule has 1 saturated heterocycles. The van der Waals surface area contributed by atoms with Gasteiger partial charge in [0, 0.05) is 37.4 Å². The van der Waals surface area contributed by atoms with Crippen LogP contribution in [0.5, 0.6) is 0 Å². The van der Waals surface area contributed by atoms with Crippen molar-refractivity contribution in [1.82, 2.24) is 19.4 Å². The van der Waals surface area contributed by atoms with Gasteiger partial charge in [-0.1, -0.05) is 0 Å². The van der Waals surface area contributed by atoms with Crippen LogP contribution >= 0.6 is 0 Å². The molecule has 7 nitrogen and oxygen atoms in total. The van der Waals surface area contributed by atoms with Crippen LogP contribution < -0.4 is 0 Å². The third-order valence-electron chi connectivity index (χ3n) is 5.15. The summed E-state index contributed by atoms with van der Waals surface area (Å²) in [7, 11) is 1.39. The highest BCUT2D eigenvalue weighted by atomic mass is 16.5. The van der Waals surface area contributed by atoms with Crippen molar-refractivity contribution in [3.8, 4) is 0 Å². The van der Waals surface area contributed by atoms with Crippen molar-refractivity contribution in [3.63, 3.8) is 0 Å². The lowest BCUT2D eigenvalue weighted by molar-refractivity contribution is 0.0573. The molecule has 1 aliphatic heterocycles. The molecular weight excluding hydrogens is 332 g/mol. The number of methoxy groups -OCH3 is 1. The Bertz CT molecular complexity index is 820. The SMILES string of the molecule is COC(=O)c1cccn1C1CCN(C(=O)c2ccnc(C3CC3)n2)CC1. The molecule has 1 aliphatic carbocycles. The molecule has 0 atom stereocenters. The molecule has 0 spiro atoms. The van der Waals surface area contributed by atoms with Crippen LogP contribution in [0.3, 0.4) is 0 Å². The second-order valence-corrected chi connectivity index (χ2v) is 6.89. The zero-order valence-corrected chi connectivity index (χ0v) is 14.8. The standard InChI is InChI=1S/C19H22N4O3/c1-26-19(25)16-3-2-10-23(16)14-7-11-22(12-8-14)18(24)15-6-9-20-17(21-15)13-4-5-13/h2-3,6,9-10,13-14H,4-5,7-8,11-12H2,1H3. The lowest BCUT2D eigenvalue weighted by Crippen LogP contribution is -2.39. The van der Waals surface area contributed by atoms with Gasteiger partial charge in [-0.15, -0.1) is 0 Å². The van der Waals surface area contributed by atoms with Gasteiger partial charge in [-0.2, -0.15) is 0 Å². The number of rotatable bonds is 4. The number of hydrogen-bond acceptors (Lipinski definition) is 5. The Balaban J connectivity index is 1.42. The number of hydrogen-bond donors (Lipinski definition) is 0. The zero-order chi connectivity index (χ0) is 18.1. The van der Waals surface area contributed by atoms with Gasteiger partial charge in [0.15, 0.2) is 0 Å². The predicted molar refractivity (Wildman–Crippen MR) is 94.0 cm³/mol. The molecule has 3 heterocycles. The minimum Gasteiger partial charge on any atom is -0.464 e. The quantitative estimate of drug-likeness (QED) is 0.788. The van der Waals surface area contributed by atoms with Crippen molar-refractivity contribution < 1.29 is 14.3 Å². The Morgan fingerprint density at radius 1 is 1.15 bits per heavy atom. The zero-order valence-electron chi connectivity index (χ0n) is 14.8. The third-order valence-corrected chi connectivity index (χ3v) is 5.15. The van der Waals surface area contributed by atoms with Crippen LogP contribution in [0.25, 0.3) is 0 Å². The maximum absolute atomic E-state index is 12.8. The fraction of sp³-hybridized carbons (Fsp3) is 0.474. The van der Waals surface area contributed by atoms with Gasteiger partial charge in [-0.05, 0) is 43.9 Å². The van der Waals surface area contributed by atoms with Crippen LogP contribution in [0, 0.1) is 0 Å². The van der Waals surface area contributed by atoms with Gasteiger partial charge in [0.1, 0.15) is 17.2 Å². The van der Waals surface area contributed by atoms with Crippen LogP contribution in [0.15, 0.2) is 30.6 Å². The Hall–Kier alpha value is -2.70. The van der Waals surface area contributed by atoms with E-state index >= 15 is 0 Å². The van der Waals surface area contributed by atoms with E-state index in [2.05, 4.69) is 9.97 Å². The van der Waals surface area contributed by atoms with E-state index in [9.17, 15) is 9.59 Å². The van der Waals surface area contributed by atoms with E-state index in [0.717, 1.165) is 31.5 Å². The summed E-state index contributed by atoms with van der Waals surface area (Å²) in [6, 6.07) is 5.51. The molecule has 1 amide bonds. The Labute approximate surface area is 152 Å². The summed E-state index contributed by atoms with van der Waals surface area (Å²) in [4.78, 5) is 35.2. The van der Waals surface area contributed by atoms with E-state index in [1.807, 2.05) is 21.7 Å². The number of amides is 1. The van der Waals surface area contributed by atoms with Crippen molar-refractivity contribution in [1.29, 1.82) is 0 Å². The summed E-state index contributed by atoms with van der Waals surface area (Å²) in [6.07, 6.45) is 7.41. The highest BCUT2D eigenvalue weighted by molar-refractivity contribution is 5.92. The molecule has 136 valence electrons. The van der Waals surface area contributed by atoms with Gasteiger partial charge < -0.3 is 14.2 Å². The van der Waals surface area contributed by atoms with E-state index in [-0.39, 0.29) is 17.9 Å². The maximum Gasteiger partial charge on any atom is 0.354 e. The summed E-state index contributed by atoms with van der Waals surface area (Å²) >= 11 is 0. The number of carbonyl (C=O) groups excluding carboxylic acids is 2. The summed E-state index contributed by atoms with van der Waals surface area (Å²) < 4.78 is 6.80. The maximum atomic E-state index is 12.8. The predicted octanol–water partition coefficient (Wildman–Crippen LogP) is 2.42. The molecule has 7 heteroatoms. The number of piperidine rings is 1. The molecule has 2 aliphatic rings. The second kappa shape index (κ2) is 6.90. The van der Waals surface area contributed by atoms with Gasteiger partial charge in [0.25, 0.3) is 5.91 Å². The van der Waals surface area contributed by atoms with Crippen molar-refractivity contribution in [2.24, 2.45) is 0 Å². The van der Waals surface area contributed by atoms with E-state index in [0.29, 0.717) is 30.4 Å². The number of aromatic nitrogens is 3. The number of esters is 1. The van der Waals surface area contributed by atoms with Gasteiger partial charge in [0.2, 0.25) is 0 Å². The molecule has 4 rings (SSSR count). The van der Waals surface area contributed by atoms with Gasteiger partial charge >= 0.3 is 5.97 Å². The van der Waals surface area contributed by atoms with Crippen LogP contribution in [0.4, 0.5) is 0 Å². The van der Waals surface area contributed by atoms with Crippen LogP contribution in [0.1, 0.15) is 64.4 Å². The fourth-order valence-electron chi connectivity index (χ4n) is 3.53. The first kappa shape index (κ1) is 16.8. The van der Waals surface area contributed by atoms with Gasteiger partial charge in [0.05, 0.1) is 7.11 Å². The van der Waals surface area contributed by atoms with E-state index in [1.54, 1.807) is 18.3 Å². The lowest BCUT2D eigenvalue weighted by Gasteiger charge is -2.33. The Kier molecular flexibility index (Phi) is 4.44. The minimum atomic E-state index is -0.331. The first-order valence-electron chi connectivity index (χ1n) is 9.04. The average molecular weight is 354 g/mol. The number of carbonyl (C=O) groups is 2.